The molecule has 15 heavy (non-hydrogen) atoms. The molecule has 0 spiro atoms. The summed E-state index contributed by atoms with van der Waals surface area (Å²) in [6, 6.07) is 4.75. The van der Waals surface area contributed by atoms with Crippen LogP contribution in [0.5, 0.6) is 0 Å². The third-order valence-corrected chi connectivity index (χ3v) is 2.44. The maximum atomic E-state index is 13.5. The zero-order valence-corrected chi connectivity index (χ0v) is 9.74. The lowest BCUT2D eigenvalue weighted by atomic mass is 10.1. The highest BCUT2D eigenvalue weighted by Crippen LogP contribution is 2.21. The Balaban J connectivity index is 2.81. The second kappa shape index (κ2) is 5.89. The van der Waals surface area contributed by atoms with Crippen molar-refractivity contribution < 1.29 is 4.39 Å². The summed E-state index contributed by atoms with van der Waals surface area (Å²) in [5.74, 6) is -0.263. The van der Waals surface area contributed by atoms with Gasteiger partial charge in [0.25, 0.3) is 0 Å². The second-order valence-electron chi connectivity index (χ2n) is 3.40. The molecule has 0 heterocycles. The molecule has 1 N–H and O–H groups in total. The quantitative estimate of drug-likeness (QED) is 0.777. The molecule has 1 aromatic rings. The highest BCUT2D eigenvalue weighted by atomic mass is 35.5. The van der Waals surface area contributed by atoms with E-state index < -0.39 is 0 Å². The molecule has 0 saturated carbocycles. The average Bonchev–Trinajstić information content (AvgIpc) is 2.17. The number of hydrogen-bond acceptors (Lipinski definition) is 1. The number of hydrogen-bond donors (Lipinski definition) is 1. The first-order valence-electron chi connectivity index (χ1n) is 4.92. The molecule has 3 heteroatoms. The Bertz CT molecular complexity index is 361. The first kappa shape index (κ1) is 12.2. The predicted octanol–water partition coefficient (Wildman–Crippen LogP) is 3.49. The van der Waals surface area contributed by atoms with Crippen LogP contribution in [0.1, 0.15) is 18.9 Å². The van der Waals surface area contributed by atoms with Crippen molar-refractivity contribution in [3.8, 4) is 0 Å². The van der Waals surface area contributed by atoms with Gasteiger partial charge in [-0.15, -0.1) is 0 Å². The fourth-order valence-corrected chi connectivity index (χ4v) is 1.51. The van der Waals surface area contributed by atoms with Gasteiger partial charge in [0.05, 0.1) is 0 Å². The predicted molar refractivity (Wildman–Crippen MR) is 63.6 cm³/mol. The molecule has 0 aliphatic rings. The zero-order valence-electron chi connectivity index (χ0n) is 8.98. The van der Waals surface area contributed by atoms with Crippen molar-refractivity contribution >= 4 is 17.2 Å². The van der Waals surface area contributed by atoms with Gasteiger partial charge in [-0.05, 0) is 44.6 Å². The average molecular weight is 228 g/mol. The fourth-order valence-electron chi connectivity index (χ4n) is 1.35. The van der Waals surface area contributed by atoms with Crippen LogP contribution in [0.2, 0.25) is 5.02 Å². The van der Waals surface area contributed by atoms with E-state index in [4.69, 9.17) is 11.6 Å². The molecule has 1 nitrogen and oxygen atoms in total. The van der Waals surface area contributed by atoms with Gasteiger partial charge in [-0.3, -0.25) is 0 Å². The first-order chi connectivity index (χ1) is 7.15. The second-order valence-corrected chi connectivity index (χ2v) is 3.84. The van der Waals surface area contributed by atoms with E-state index in [1.807, 2.05) is 20.0 Å². The summed E-state index contributed by atoms with van der Waals surface area (Å²) in [4.78, 5) is 0. The standard InChI is InChI=1S/C12H15ClFN/c1-9(4-3-7-15-2)11-6-5-10(13)8-12(11)14/h4-6,8,15H,3,7H2,1-2H3. The highest BCUT2D eigenvalue weighted by molar-refractivity contribution is 6.30. The van der Waals surface area contributed by atoms with Gasteiger partial charge in [0.1, 0.15) is 5.82 Å². The van der Waals surface area contributed by atoms with Gasteiger partial charge in [-0.25, -0.2) is 4.39 Å². The van der Waals surface area contributed by atoms with Crippen LogP contribution in [0.15, 0.2) is 24.3 Å². The van der Waals surface area contributed by atoms with Crippen LogP contribution in [0.4, 0.5) is 4.39 Å². The van der Waals surface area contributed by atoms with Crippen molar-refractivity contribution in [3.05, 3.63) is 40.7 Å². The number of nitrogens with one attached hydrogen (secondary N) is 1. The normalized spacial score (nSPS) is 11.9. The Labute approximate surface area is 95.0 Å². The Morgan fingerprint density at radius 2 is 2.27 bits per heavy atom. The number of benzene rings is 1. The fraction of sp³-hybridized carbons (Fsp3) is 0.333. The number of rotatable bonds is 4. The molecule has 0 bridgehead atoms. The molecular formula is C12H15ClFN. The van der Waals surface area contributed by atoms with Crippen LogP contribution >= 0.6 is 11.6 Å². The molecule has 0 unspecified atom stereocenters. The summed E-state index contributed by atoms with van der Waals surface area (Å²) < 4.78 is 13.5. The van der Waals surface area contributed by atoms with Crippen LogP contribution in [0.3, 0.4) is 0 Å². The van der Waals surface area contributed by atoms with Crippen molar-refractivity contribution in [1.82, 2.24) is 5.32 Å². The lowest BCUT2D eigenvalue weighted by Gasteiger charge is -2.04. The smallest absolute Gasteiger partial charge is 0.132 e. The van der Waals surface area contributed by atoms with Crippen molar-refractivity contribution in [3.63, 3.8) is 0 Å². The van der Waals surface area contributed by atoms with Crippen molar-refractivity contribution in [2.75, 3.05) is 13.6 Å². The van der Waals surface area contributed by atoms with E-state index >= 15 is 0 Å². The van der Waals surface area contributed by atoms with E-state index in [9.17, 15) is 4.39 Å². The molecule has 0 saturated heterocycles. The summed E-state index contributed by atoms with van der Waals surface area (Å²) in [7, 11) is 1.89. The molecule has 0 radical (unpaired) electrons. The summed E-state index contributed by atoms with van der Waals surface area (Å²) in [5, 5.41) is 3.47. The topological polar surface area (TPSA) is 12.0 Å². The van der Waals surface area contributed by atoms with E-state index in [1.54, 1.807) is 12.1 Å². The molecule has 0 fully saturated rings. The highest BCUT2D eigenvalue weighted by Gasteiger charge is 2.03. The first-order valence-corrected chi connectivity index (χ1v) is 5.29. The minimum Gasteiger partial charge on any atom is -0.319 e. The monoisotopic (exact) mass is 227 g/mol. The van der Waals surface area contributed by atoms with Gasteiger partial charge in [0.15, 0.2) is 0 Å². The maximum Gasteiger partial charge on any atom is 0.132 e. The lowest BCUT2D eigenvalue weighted by molar-refractivity contribution is 0.624. The third-order valence-electron chi connectivity index (χ3n) is 2.20. The Kier molecular flexibility index (Phi) is 4.79. The Hall–Kier alpha value is -0.860. The van der Waals surface area contributed by atoms with Crippen LogP contribution < -0.4 is 5.32 Å². The summed E-state index contributed by atoms with van der Waals surface area (Å²) >= 11 is 5.68. The Morgan fingerprint density at radius 1 is 1.53 bits per heavy atom. The van der Waals surface area contributed by atoms with E-state index in [0.717, 1.165) is 18.5 Å². The van der Waals surface area contributed by atoms with Gasteiger partial charge in [0, 0.05) is 10.6 Å². The third kappa shape index (κ3) is 3.65. The molecule has 0 aliphatic heterocycles. The van der Waals surface area contributed by atoms with Crippen LogP contribution in [-0.4, -0.2) is 13.6 Å². The molecule has 0 amide bonds. The van der Waals surface area contributed by atoms with Gasteiger partial charge >= 0.3 is 0 Å². The molecular weight excluding hydrogens is 213 g/mol. The minimum atomic E-state index is -0.263. The lowest BCUT2D eigenvalue weighted by Crippen LogP contribution is -2.06. The van der Waals surface area contributed by atoms with Crippen LogP contribution in [0, 0.1) is 5.82 Å². The molecule has 1 rings (SSSR count). The van der Waals surface area contributed by atoms with Gasteiger partial charge in [0.2, 0.25) is 0 Å². The maximum absolute atomic E-state index is 13.5. The van der Waals surface area contributed by atoms with E-state index in [1.165, 1.54) is 6.07 Å². The molecule has 0 atom stereocenters. The molecule has 0 aliphatic carbocycles. The summed E-state index contributed by atoms with van der Waals surface area (Å²) in [5.41, 5.74) is 1.56. The van der Waals surface area contributed by atoms with Crippen molar-refractivity contribution in [2.45, 2.75) is 13.3 Å². The molecule has 82 valence electrons. The van der Waals surface area contributed by atoms with Crippen molar-refractivity contribution in [1.29, 1.82) is 0 Å². The van der Waals surface area contributed by atoms with E-state index in [2.05, 4.69) is 5.32 Å². The van der Waals surface area contributed by atoms with Crippen LogP contribution in [-0.2, 0) is 0 Å². The largest absolute Gasteiger partial charge is 0.319 e. The summed E-state index contributed by atoms with van der Waals surface area (Å²) in [6.07, 6.45) is 2.91. The number of halogens is 2. The molecule has 0 aromatic heterocycles. The van der Waals surface area contributed by atoms with Gasteiger partial charge in [-0.1, -0.05) is 23.7 Å². The van der Waals surface area contributed by atoms with E-state index in [0.29, 0.717) is 10.6 Å². The minimum absolute atomic E-state index is 0.263. The Morgan fingerprint density at radius 3 is 2.87 bits per heavy atom. The SMILES string of the molecule is CNCCC=C(C)c1ccc(Cl)cc1F. The molecule has 1 aromatic carbocycles. The van der Waals surface area contributed by atoms with E-state index in [-0.39, 0.29) is 5.82 Å². The van der Waals surface area contributed by atoms with Gasteiger partial charge in [-0.2, -0.15) is 0 Å². The zero-order chi connectivity index (χ0) is 11.3. The summed E-state index contributed by atoms with van der Waals surface area (Å²) in [6.45, 7) is 2.80. The van der Waals surface area contributed by atoms with Gasteiger partial charge < -0.3 is 5.32 Å². The van der Waals surface area contributed by atoms with Crippen LogP contribution in [0.25, 0.3) is 5.57 Å². The van der Waals surface area contributed by atoms with Crippen molar-refractivity contribution in [2.24, 2.45) is 0 Å². The number of allylic oxidation sites excluding steroid dienone is 1.